The molecule has 0 atom stereocenters. The van der Waals surface area contributed by atoms with E-state index < -0.39 is 0 Å². The van der Waals surface area contributed by atoms with Crippen LogP contribution in [0.25, 0.3) is 0 Å². The highest BCUT2D eigenvalue weighted by molar-refractivity contribution is 9.11. The molecule has 1 aromatic heterocycles. The third kappa shape index (κ3) is 5.64. The predicted octanol–water partition coefficient (Wildman–Crippen LogP) is 3.74. The molecule has 2 N–H and O–H groups in total. The largest absolute Gasteiger partial charge is 0.489 e. The first-order valence-corrected chi connectivity index (χ1v) is 9.16. The first-order chi connectivity index (χ1) is 11.1. The zero-order valence-electron chi connectivity index (χ0n) is 13.3. The number of aryl methyl sites for hydroxylation is 1. The van der Waals surface area contributed by atoms with E-state index in [9.17, 15) is 4.79 Å². The molecular weight excluding hydrogens is 376 g/mol. The molecular formula is C17H21BrN2O2S. The summed E-state index contributed by atoms with van der Waals surface area (Å²) in [6, 6.07) is 7.60. The number of halogens is 1. The standard InChI is InChI=1S/C17H21BrN2O2S/c1-12-4-5-14(17(21)20-7-3-6-19-2)9-15(12)22-10-13-8-16(18)23-11-13/h4-5,8-9,11,19H,3,6-7,10H2,1-2H3,(H,20,21). The summed E-state index contributed by atoms with van der Waals surface area (Å²) in [5, 5.41) is 8.03. The molecule has 1 amide bonds. The highest BCUT2D eigenvalue weighted by Crippen LogP contribution is 2.24. The predicted molar refractivity (Wildman–Crippen MR) is 98.4 cm³/mol. The van der Waals surface area contributed by atoms with E-state index in [4.69, 9.17) is 4.74 Å². The van der Waals surface area contributed by atoms with Gasteiger partial charge in [-0.05, 0) is 72.0 Å². The third-order valence-corrected chi connectivity index (χ3v) is 4.91. The maximum Gasteiger partial charge on any atom is 0.251 e. The van der Waals surface area contributed by atoms with Crippen LogP contribution in [0.2, 0.25) is 0 Å². The van der Waals surface area contributed by atoms with Crippen LogP contribution in [0.3, 0.4) is 0 Å². The number of hydrogen-bond acceptors (Lipinski definition) is 4. The van der Waals surface area contributed by atoms with Crippen LogP contribution in [0, 0.1) is 6.92 Å². The average Bonchev–Trinajstić information content (AvgIpc) is 2.96. The van der Waals surface area contributed by atoms with Gasteiger partial charge in [0.15, 0.2) is 0 Å². The lowest BCUT2D eigenvalue weighted by molar-refractivity contribution is 0.0953. The van der Waals surface area contributed by atoms with Crippen molar-refractivity contribution in [3.05, 3.63) is 50.1 Å². The minimum Gasteiger partial charge on any atom is -0.489 e. The summed E-state index contributed by atoms with van der Waals surface area (Å²) in [6.45, 7) is 4.02. The molecule has 23 heavy (non-hydrogen) atoms. The van der Waals surface area contributed by atoms with E-state index in [1.54, 1.807) is 11.3 Å². The van der Waals surface area contributed by atoms with Crippen LogP contribution in [0.4, 0.5) is 0 Å². The molecule has 0 aliphatic carbocycles. The van der Waals surface area contributed by atoms with Crippen molar-refractivity contribution in [1.29, 1.82) is 0 Å². The highest BCUT2D eigenvalue weighted by atomic mass is 79.9. The molecule has 1 heterocycles. The van der Waals surface area contributed by atoms with E-state index >= 15 is 0 Å². The summed E-state index contributed by atoms with van der Waals surface area (Å²) < 4.78 is 6.95. The molecule has 0 radical (unpaired) electrons. The van der Waals surface area contributed by atoms with Crippen molar-refractivity contribution in [2.24, 2.45) is 0 Å². The Hall–Kier alpha value is -1.37. The zero-order valence-corrected chi connectivity index (χ0v) is 15.7. The van der Waals surface area contributed by atoms with E-state index in [1.165, 1.54) is 0 Å². The molecule has 6 heteroatoms. The van der Waals surface area contributed by atoms with Crippen LogP contribution < -0.4 is 15.4 Å². The molecule has 0 bridgehead atoms. The molecule has 0 fully saturated rings. The van der Waals surface area contributed by atoms with Gasteiger partial charge in [0.25, 0.3) is 5.91 Å². The molecule has 4 nitrogen and oxygen atoms in total. The number of thiophene rings is 1. The maximum absolute atomic E-state index is 12.2. The Labute approximate surface area is 149 Å². The van der Waals surface area contributed by atoms with Crippen molar-refractivity contribution in [2.75, 3.05) is 20.1 Å². The van der Waals surface area contributed by atoms with Gasteiger partial charge in [-0.15, -0.1) is 11.3 Å². The molecule has 2 aromatic rings. The SMILES string of the molecule is CNCCCNC(=O)c1ccc(C)c(OCc2csc(Br)c2)c1. The molecule has 1 aromatic carbocycles. The minimum absolute atomic E-state index is 0.0655. The lowest BCUT2D eigenvalue weighted by atomic mass is 10.1. The fourth-order valence-electron chi connectivity index (χ4n) is 2.05. The summed E-state index contributed by atoms with van der Waals surface area (Å²) >= 11 is 5.08. The second kappa shape index (κ2) is 9.05. The molecule has 0 unspecified atom stereocenters. The number of rotatable bonds is 8. The summed E-state index contributed by atoms with van der Waals surface area (Å²) in [4.78, 5) is 12.2. The topological polar surface area (TPSA) is 50.4 Å². The summed E-state index contributed by atoms with van der Waals surface area (Å²) in [6.07, 6.45) is 0.907. The lowest BCUT2D eigenvalue weighted by Gasteiger charge is -2.11. The van der Waals surface area contributed by atoms with Crippen LogP contribution in [0.15, 0.2) is 33.4 Å². The maximum atomic E-state index is 12.2. The van der Waals surface area contributed by atoms with Gasteiger partial charge in [-0.1, -0.05) is 6.07 Å². The minimum atomic E-state index is -0.0655. The average molecular weight is 397 g/mol. The Kier molecular flexibility index (Phi) is 7.08. The van der Waals surface area contributed by atoms with E-state index in [2.05, 4.69) is 31.9 Å². The molecule has 0 spiro atoms. The summed E-state index contributed by atoms with van der Waals surface area (Å²) in [7, 11) is 1.90. The van der Waals surface area contributed by atoms with Gasteiger partial charge in [0, 0.05) is 17.7 Å². The summed E-state index contributed by atoms with van der Waals surface area (Å²) in [5.41, 5.74) is 2.76. The second-order valence-corrected chi connectivity index (χ2v) is 7.53. The van der Waals surface area contributed by atoms with Gasteiger partial charge < -0.3 is 15.4 Å². The fraction of sp³-hybridized carbons (Fsp3) is 0.353. The van der Waals surface area contributed by atoms with Crippen molar-refractivity contribution >= 4 is 33.2 Å². The van der Waals surface area contributed by atoms with Crippen LogP contribution >= 0.6 is 27.3 Å². The Morgan fingerprint density at radius 1 is 1.30 bits per heavy atom. The number of amides is 1. The smallest absolute Gasteiger partial charge is 0.251 e. The van der Waals surface area contributed by atoms with Crippen molar-refractivity contribution < 1.29 is 9.53 Å². The highest BCUT2D eigenvalue weighted by Gasteiger charge is 2.09. The van der Waals surface area contributed by atoms with Gasteiger partial charge in [0.1, 0.15) is 12.4 Å². The van der Waals surface area contributed by atoms with Crippen LogP contribution in [-0.2, 0) is 6.61 Å². The van der Waals surface area contributed by atoms with Crippen molar-refractivity contribution in [1.82, 2.24) is 10.6 Å². The zero-order chi connectivity index (χ0) is 16.7. The van der Waals surface area contributed by atoms with E-state index in [0.29, 0.717) is 18.7 Å². The van der Waals surface area contributed by atoms with Gasteiger partial charge in [-0.2, -0.15) is 0 Å². The van der Waals surface area contributed by atoms with E-state index in [-0.39, 0.29) is 5.91 Å². The third-order valence-electron chi connectivity index (χ3n) is 3.36. The van der Waals surface area contributed by atoms with Crippen molar-refractivity contribution in [3.63, 3.8) is 0 Å². The Balaban J connectivity index is 1.96. The first-order valence-electron chi connectivity index (χ1n) is 7.49. The van der Waals surface area contributed by atoms with E-state index in [1.807, 2.05) is 38.2 Å². The number of benzene rings is 1. The number of nitrogens with one attached hydrogen (secondary N) is 2. The number of carbonyl (C=O) groups excluding carboxylic acids is 1. The quantitative estimate of drug-likeness (QED) is 0.668. The normalized spacial score (nSPS) is 10.6. The Morgan fingerprint density at radius 2 is 2.13 bits per heavy atom. The van der Waals surface area contributed by atoms with Crippen LogP contribution in [-0.4, -0.2) is 26.0 Å². The Bertz CT molecular complexity index is 658. The van der Waals surface area contributed by atoms with Gasteiger partial charge in [-0.25, -0.2) is 0 Å². The molecule has 0 saturated carbocycles. The molecule has 124 valence electrons. The molecule has 0 aliphatic rings. The van der Waals surface area contributed by atoms with Crippen molar-refractivity contribution in [3.8, 4) is 5.75 Å². The van der Waals surface area contributed by atoms with Gasteiger partial charge in [0.2, 0.25) is 0 Å². The monoisotopic (exact) mass is 396 g/mol. The van der Waals surface area contributed by atoms with Crippen LogP contribution in [0.5, 0.6) is 5.75 Å². The Morgan fingerprint density at radius 3 is 2.83 bits per heavy atom. The number of ether oxygens (including phenoxy) is 1. The van der Waals surface area contributed by atoms with Gasteiger partial charge in [-0.3, -0.25) is 4.79 Å². The van der Waals surface area contributed by atoms with Crippen LogP contribution in [0.1, 0.15) is 27.9 Å². The number of hydrogen-bond donors (Lipinski definition) is 2. The first kappa shape index (κ1) is 18.0. The second-order valence-electron chi connectivity index (χ2n) is 5.24. The van der Waals surface area contributed by atoms with Gasteiger partial charge >= 0.3 is 0 Å². The summed E-state index contributed by atoms with van der Waals surface area (Å²) in [5.74, 6) is 0.680. The van der Waals surface area contributed by atoms with Crippen molar-refractivity contribution in [2.45, 2.75) is 20.0 Å². The molecule has 2 rings (SSSR count). The van der Waals surface area contributed by atoms with Gasteiger partial charge in [0.05, 0.1) is 3.79 Å². The lowest BCUT2D eigenvalue weighted by Crippen LogP contribution is -2.26. The molecule has 0 aliphatic heterocycles. The van der Waals surface area contributed by atoms with E-state index in [0.717, 1.165) is 33.6 Å². The fourth-order valence-corrected chi connectivity index (χ4v) is 3.24. The molecule has 0 saturated heterocycles. The number of carbonyl (C=O) groups is 1.